The standard InChI is InChI=1S/C17H12ClN5/c1-11-8-15(14-4-2-3-7-20-14)22-17(13(11)9-19)23-16-6-5-12(18)10-21-16/h2-8,10H,1H3,(H,21,22,23). The van der Waals surface area contributed by atoms with Crippen LogP contribution in [0.1, 0.15) is 11.1 Å². The summed E-state index contributed by atoms with van der Waals surface area (Å²) in [5.74, 6) is 1.01. The summed E-state index contributed by atoms with van der Waals surface area (Å²) < 4.78 is 0. The van der Waals surface area contributed by atoms with Crippen LogP contribution in [-0.4, -0.2) is 15.0 Å². The molecule has 0 aliphatic rings. The summed E-state index contributed by atoms with van der Waals surface area (Å²) in [6, 6.07) is 13.1. The van der Waals surface area contributed by atoms with Crippen molar-refractivity contribution in [2.24, 2.45) is 0 Å². The van der Waals surface area contributed by atoms with Crippen LogP contribution in [0.25, 0.3) is 11.4 Å². The Balaban J connectivity index is 2.05. The van der Waals surface area contributed by atoms with Crippen LogP contribution in [0.5, 0.6) is 0 Å². The number of nitriles is 1. The van der Waals surface area contributed by atoms with Crippen LogP contribution in [0.3, 0.4) is 0 Å². The van der Waals surface area contributed by atoms with Crippen LogP contribution in [0, 0.1) is 18.3 Å². The van der Waals surface area contributed by atoms with E-state index in [9.17, 15) is 5.26 Å². The van der Waals surface area contributed by atoms with Gasteiger partial charge in [-0.2, -0.15) is 5.26 Å². The summed E-state index contributed by atoms with van der Waals surface area (Å²) in [6.07, 6.45) is 3.24. The molecule has 0 fully saturated rings. The van der Waals surface area contributed by atoms with Crippen molar-refractivity contribution in [3.05, 3.63) is 64.9 Å². The third kappa shape index (κ3) is 3.28. The van der Waals surface area contributed by atoms with Gasteiger partial charge in [0.25, 0.3) is 0 Å². The molecule has 3 aromatic rings. The highest BCUT2D eigenvalue weighted by Gasteiger charge is 2.12. The molecule has 0 saturated heterocycles. The van der Waals surface area contributed by atoms with E-state index in [0.29, 0.717) is 27.9 Å². The summed E-state index contributed by atoms with van der Waals surface area (Å²) in [7, 11) is 0. The number of anilines is 2. The monoisotopic (exact) mass is 321 g/mol. The Kier molecular flexibility index (Phi) is 4.18. The fourth-order valence-electron chi connectivity index (χ4n) is 2.12. The Labute approximate surface area is 138 Å². The van der Waals surface area contributed by atoms with Crippen molar-refractivity contribution in [1.82, 2.24) is 15.0 Å². The van der Waals surface area contributed by atoms with Crippen molar-refractivity contribution in [3.8, 4) is 17.5 Å². The highest BCUT2D eigenvalue weighted by Crippen LogP contribution is 2.25. The highest BCUT2D eigenvalue weighted by atomic mass is 35.5. The molecule has 0 saturated carbocycles. The van der Waals surface area contributed by atoms with Gasteiger partial charge in [0.2, 0.25) is 0 Å². The molecule has 0 aliphatic heterocycles. The summed E-state index contributed by atoms with van der Waals surface area (Å²) in [5.41, 5.74) is 2.73. The van der Waals surface area contributed by atoms with E-state index in [4.69, 9.17) is 11.6 Å². The highest BCUT2D eigenvalue weighted by molar-refractivity contribution is 6.30. The van der Waals surface area contributed by atoms with Crippen LogP contribution >= 0.6 is 11.6 Å². The lowest BCUT2D eigenvalue weighted by molar-refractivity contribution is 1.19. The minimum atomic E-state index is 0.447. The molecule has 3 rings (SSSR count). The quantitative estimate of drug-likeness (QED) is 0.785. The van der Waals surface area contributed by atoms with Gasteiger partial charge in [0, 0.05) is 12.4 Å². The Morgan fingerprint density at radius 2 is 2.00 bits per heavy atom. The maximum Gasteiger partial charge on any atom is 0.150 e. The van der Waals surface area contributed by atoms with Gasteiger partial charge in [-0.3, -0.25) is 4.98 Å². The van der Waals surface area contributed by atoms with Gasteiger partial charge in [0.15, 0.2) is 5.82 Å². The predicted octanol–water partition coefficient (Wildman–Crippen LogP) is 4.12. The van der Waals surface area contributed by atoms with E-state index in [1.54, 1.807) is 18.3 Å². The molecule has 5 nitrogen and oxygen atoms in total. The van der Waals surface area contributed by atoms with Gasteiger partial charge in [0.1, 0.15) is 11.9 Å². The molecule has 0 radical (unpaired) electrons. The molecule has 0 bridgehead atoms. The van der Waals surface area contributed by atoms with Gasteiger partial charge in [-0.1, -0.05) is 17.7 Å². The molecule has 0 spiro atoms. The first-order valence-electron chi connectivity index (χ1n) is 6.89. The third-order valence-corrected chi connectivity index (χ3v) is 3.45. The average Bonchev–Trinajstić information content (AvgIpc) is 2.57. The van der Waals surface area contributed by atoms with Crippen molar-refractivity contribution < 1.29 is 0 Å². The van der Waals surface area contributed by atoms with E-state index in [2.05, 4.69) is 26.3 Å². The van der Waals surface area contributed by atoms with Crippen molar-refractivity contribution >= 4 is 23.2 Å². The number of hydrogen-bond donors (Lipinski definition) is 1. The zero-order valence-electron chi connectivity index (χ0n) is 12.3. The smallest absolute Gasteiger partial charge is 0.150 e. The summed E-state index contributed by atoms with van der Waals surface area (Å²) in [6.45, 7) is 1.87. The topological polar surface area (TPSA) is 74.5 Å². The molecule has 23 heavy (non-hydrogen) atoms. The summed E-state index contributed by atoms with van der Waals surface area (Å²) in [4.78, 5) is 13.0. The lowest BCUT2D eigenvalue weighted by Crippen LogP contribution is -2.02. The Morgan fingerprint density at radius 1 is 1.13 bits per heavy atom. The zero-order chi connectivity index (χ0) is 16.2. The molecule has 3 aromatic heterocycles. The van der Waals surface area contributed by atoms with Gasteiger partial charge >= 0.3 is 0 Å². The third-order valence-electron chi connectivity index (χ3n) is 3.23. The molecule has 0 unspecified atom stereocenters. The second-order valence-corrected chi connectivity index (χ2v) is 5.30. The molecular formula is C17H12ClN5. The number of aromatic nitrogens is 3. The molecule has 3 heterocycles. The fraction of sp³-hybridized carbons (Fsp3) is 0.0588. The summed E-state index contributed by atoms with van der Waals surface area (Å²) >= 11 is 5.84. The van der Waals surface area contributed by atoms with E-state index in [-0.39, 0.29) is 0 Å². The number of aryl methyl sites for hydroxylation is 1. The SMILES string of the molecule is Cc1cc(-c2ccccn2)nc(Nc2ccc(Cl)cn2)c1C#N. The number of pyridine rings is 3. The first-order valence-corrected chi connectivity index (χ1v) is 7.27. The predicted molar refractivity (Wildman–Crippen MR) is 89.4 cm³/mol. The Bertz CT molecular complexity index is 870. The van der Waals surface area contributed by atoms with E-state index in [1.165, 1.54) is 6.20 Å². The van der Waals surface area contributed by atoms with E-state index in [1.807, 2.05) is 31.2 Å². The molecule has 0 aromatic carbocycles. The number of hydrogen-bond acceptors (Lipinski definition) is 5. The van der Waals surface area contributed by atoms with E-state index in [0.717, 1.165) is 11.3 Å². The lowest BCUT2D eigenvalue weighted by Gasteiger charge is -2.11. The molecule has 6 heteroatoms. The van der Waals surface area contributed by atoms with Gasteiger partial charge in [-0.05, 0) is 42.8 Å². The minimum Gasteiger partial charge on any atom is -0.324 e. The fourth-order valence-corrected chi connectivity index (χ4v) is 2.23. The molecule has 0 atom stereocenters. The van der Waals surface area contributed by atoms with Crippen molar-refractivity contribution in [3.63, 3.8) is 0 Å². The minimum absolute atomic E-state index is 0.447. The van der Waals surface area contributed by atoms with Crippen LogP contribution in [0.4, 0.5) is 11.6 Å². The van der Waals surface area contributed by atoms with E-state index >= 15 is 0 Å². The first-order chi connectivity index (χ1) is 11.2. The Morgan fingerprint density at radius 3 is 2.65 bits per heavy atom. The van der Waals surface area contributed by atoms with Gasteiger partial charge in [-0.15, -0.1) is 0 Å². The summed E-state index contributed by atoms with van der Waals surface area (Å²) in [5, 5.41) is 13.0. The average molecular weight is 322 g/mol. The molecular weight excluding hydrogens is 310 g/mol. The molecule has 112 valence electrons. The van der Waals surface area contributed by atoms with Crippen LogP contribution in [0.15, 0.2) is 48.8 Å². The second kappa shape index (κ2) is 6.42. The van der Waals surface area contributed by atoms with Crippen LogP contribution in [-0.2, 0) is 0 Å². The molecule has 0 amide bonds. The number of rotatable bonds is 3. The Hall–Kier alpha value is -2.97. The number of halogens is 1. The zero-order valence-corrected chi connectivity index (χ0v) is 13.0. The van der Waals surface area contributed by atoms with Gasteiger partial charge in [0.05, 0.1) is 22.0 Å². The normalized spacial score (nSPS) is 10.1. The van der Waals surface area contributed by atoms with Crippen LogP contribution < -0.4 is 5.32 Å². The van der Waals surface area contributed by atoms with Crippen molar-refractivity contribution in [2.45, 2.75) is 6.92 Å². The van der Waals surface area contributed by atoms with Crippen LogP contribution in [0.2, 0.25) is 5.02 Å². The number of nitrogens with zero attached hydrogens (tertiary/aromatic N) is 4. The maximum atomic E-state index is 9.40. The van der Waals surface area contributed by atoms with E-state index < -0.39 is 0 Å². The first kappa shape index (κ1) is 14.9. The second-order valence-electron chi connectivity index (χ2n) is 4.86. The largest absolute Gasteiger partial charge is 0.324 e. The number of nitrogens with one attached hydrogen (secondary N) is 1. The molecule has 1 N–H and O–H groups in total. The lowest BCUT2D eigenvalue weighted by atomic mass is 10.1. The van der Waals surface area contributed by atoms with Gasteiger partial charge < -0.3 is 5.32 Å². The van der Waals surface area contributed by atoms with Gasteiger partial charge in [-0.25, -0.2) is 9.97 Å². The molecule has 0 aliphatic carbocycles. The maximum absolute atomic E-state index is 9.40. The van der Waals surface area contributed by atoms with Crippen molar-refractivity contribution in [2.75, 3.05) is 5.32 Å². The van der Waals surface area contributed by atoms with Crippen molar-refractivity contribution in [1.29, 1.82) is 5.26 Å².